The van der Waals surface area contributed by atoms with Crippen LogP contribution in [0.3, 0.4) is 0 Å². The highest BCUT2D eigenvalue weighted by atomic mass is 19.1. The Morgan fingerprint density at radius 3 is 2.26 bits per heavy atom. The molecule has 1 fully saturated rings. The molecule has 2 atom stereocenters. The first-order chi connectivity index (χ1) is 8.79. The van der Waals surface area contributed by atoms with E-state index in [1.54, 1.807) is 0 Å². The van der Waals surface area contributed by atoms with Crippen LogP contribution >= 0.6 is 0 Å². The summed E-state index contributed by atoms with van der Waals surface area (Å²) in [5.74, 6) is -0.764. The van der Waals surface area contributed by atoms with Gasteiger partial charge in [0.25, 0.3) is 5.91 Å². The minimum absolute atomic E-state index is 0.123. The van der Waals surface area contributed by atoms with Gasteiger partial charge in [-0.1, -0.05) is 20.8 Å². The molecule has 1 aromatic rings. The van der Waals surface area contributed by atoms with Crippen molar-refractivity contribution in [2.24, 2.45) is 11.3 Å². The van der Waals surface area contributed by atoms with Crippen molar-refractivity contribution in [1.82, 2.24) is 4.90 Å². The number of hydrogen-bond acceptors (Lipinski definition) is 1. The molecule has 1 aliphatic heterocycles. The largest absolute Gasteiger partial charge is 0.335 e. The Bertz CT molecular complexity index is 464. The lowest BCUT2D eigenvalue weighted by Crippen LogP contribution is -2.31. The molecule has 2 unspecified atom stereocenters. The third-order valence-electron chi connectivity index (χ3n) is 3.74. The lowest BCUT2D eigenvalue weighted by atomic mass is 9.79. The maximum absolute atomic E-state index is 14.0. The number of nitrogens with zero attached hydrogens (tertiary/aromatic N) is 1. The van der Waals surface area contributed by atoms with Gasteiger partial charge >= 0.3 is 0 Å². The number of benzene rings is 1. The molecule has 4 heteroatoms. The summed E-state index contributed by atoms with van der Waals surface area (Å²) in [6, 6.07) is 5.37. The Balaban J connectivity index is 2.12. The molecule has 2 rings (SSSR count). The number of rotatable bonds is 1. The highest BCUT2D eigenvalue weighted by Crippen LogP contribution is 2.36. The normalized spacial score (nSPS) is 23.7. The molecule has 19 heavy (non-hydrogen) atoms. The Labute approximate surface area is 112 Å². The summed E-state index contributed by atoms with van der Waals surface area (Å²) in [7, 11) is 0. The van der Waals surface area contributed by atoms with E-state index in [0.29, 0.717) is 12.1 Å². The second kappa shape index (κ2) is 4.91. The maximum atomic E-state index is 14.0. The van der Waals surface area contributed by atoms with Crippen molar-refractivity contribution in [3.05, 3.63) is 35.6 Å². The third kappa shape index (κ3) is 2.94. The van der Waals surface area contributed by atoms with E-state index < -0.39 is 6.17 Å². The minimum atomic E-state index is -0.996. The van der Waals surface area contributed by atoms with Crippen LogP contribution in [0, 0.1) is 17.2 Å². The Hall–Kier alpha value is -1.45. The van der Waals surface area contributed by atoms with Gasteiger partial charge in [-0.3, -0.25) is 4.79 Å². The summed E-state index contributed by atoms with van der Waals surface area (Å²) in [5.41, 5.74) is 0.236. The molecule has 1 aromatic carbocycles. The second-order valence-electron chi connectivity index (χ2n) is 6.21. The fraction of sp³-hybridized carbons (Fsp3) is 0.533. The summed E-state index contributed by atoms with van der Waals surface area (Å²) in [6.07, 6.45) is -0.996. The lowest BCUT2D eigenvalue weighted by molar-refractivity contribution is 0.0775. The van der Waals surface area contributed by atoms with Gasteiger partial charge in [0.05, 0.1) is 6.54 Å². The fourth-order valence-electron chi connectivity index (χ4n) is 2.52. The summed E-state index contributed by atoms with van der Waals surface area (Å²) < 4.78 is 26.8. The van der Waals surface area contributed by atoms with Gasteiger partial charge in [-0.15, -0.1) is 0 Å². The number of likely N-dealkylation sites (tertiary alicyclic amines) is 1. The van der Waals surface area contributed by atoms with Crippen LogP contribution in [0.2, 0.25) is 0 Å². The monoisotopic (exact) mass is 267 g/mol. The average Bonchev–Trinajstić information content (AvgIpc) is 2.71. The summed E-state index contributed by atoms with van der Waals surface area (Å²) in [5, 5.41) is 0. The molecular formula is C15H19F2NO. The van der Waals surface area contributed by atoms with Gasteiger partial charge in [0.2, 0.25) is 0 Å². The summed E-state index contributed by atoms with van der Waals surface area (Å²) in [4.78, 5) is 13.7. The molecule has 0 bridgehead atoms. The molecule has 0 N–H and O–H groups in total. The van der Waals surface area contributed by atoms with Crippen molar-refractivity contribution in [2.45, 2.75) is 26.9 Å². The van der Waals surface area contributed by atoms with Crippen LogP contribution in [0.5, 0.6) is 0 Å². The van der Waals surface area contributed by atoms with Gasteiger partial charge in [0.15, 0.2) is 0 Å². The van der Waals surface area contributed by atoms with Crippen molar-refractivity contribution in [3.8, 4) is 0 Å². The van der Waals surface area contributed by atoms with E-state index in [0.717, 1.165) is 0 Å². The lowest BCUT2D eigenvalue weighted by Gasteiger charge is -2.28. The van der Waals surface area contributed by atoms with Crippen LogP contribution in [-0.2, 0) is 0 Å². The molecule has 1 heterocycles. The molecule has 0 aliphatic carbocycles. The molecule has 0 spiro atoms. The number of amides is 1. The van der Waals surface area contributed by atoms with Crippen molar-refractivity contribution in [3.63, 3.8) is 0 Å². The van der Waals surface area contributed by atoms with E-state index in [-0.39, 0.29) is 29.6 Å². The van der Waals surface area contributed by atoms with E-state index in [1.165, 1.54) is 29.2 Å². The predicted molar refractivity (Wildman–Crippen MR) is 70.1 cm³/mol. The van der Waals surface area contributed by atoms with Gasteiger partial charge in [-0.05, 0) is 29.7 Å². The first-order valence-corrected chi connectivity index (χ1v) is 6.48. The first-order valence-electron chi connectivity index (χ1n) is 6.48. The SMILES string of the molecule is CC(C)(C)C1CN(C(=O)c2ccc(F)cc2)CC1F. The number of alkyl halides is 1. The molecule has 1 aliphatic rings. The second-order valence-corrected chi connectivity index (χ2v) is 6.21. The molecule has 0 aromatic heterocycles. The molecular weight excluding hydrogens is 248 g/mol. The quantitative estimate of drug-likeness (QED) is 0.764. The highest BCUT2D eigenvalue weighted by molar-refractivity contribution is 5.94. The Morgan fingerprint density at radius 2 is 1.79 bits per heavy atom. The smallest absolute Gasteiger partial charge is 0.253 e. The van der Waals surface area contributed by atoms with Gasteiger partial charge in [0.1, 0.15) is 12.0 Å². The van der Waals surface area contributed by atoms with E-state index >= 15 is 0 Å². The van der Waals surface area contributed by atoms with Crippen molar-refractivity contribution in [2.75, 3.05) is 13.1 Å². The van der Waals surface area contributed by atoms with Gasteiger partial charge in [-0.2, -0.15) is 0 Å². The van der Waals surface area contributed by atoms with Crippen LogP contribution in [-0.4, -0.2) is 30.1 Å². The van der Waals surface area contributed by atoms with Crippen molar-refractivity contribution >= 4 is 5.91 Å². The molecule has 1 amide bonds. The topological polar surface area (TPSA) is 20.3 Å². The summed E-state index contributed by atoms with van der Waals surface area (Å²) in [6.45, 7) is 6.49. The van der Waals surface area contributed by atoms with Gasteiger partial charge in [0, 0.05) is 18.0 Å². The fourth-order valence-corrected chi connectivity index (χ4v) is 2.52. The van der Waals surface area contributed by atoms with Crippen molar-refractivity contribution in [1.29, 1.82) is 0 Å². The zero-order valence-electron chi connectivity index (χ0n) is 11.5. The standard InChI is InChI=1S/C15H19F2NO/c1-15(2,3)12-8-18(9-13(12)17)14(19)10-4-6-11(16)7-5-10/h4-7,12-13H,8-9H2,1-3H3. The molecule has 0 radical (unpaired) electrons. The number of carbonyl (C=O) groups is 1. The zero-order chi connectivity index (χ0) is 14.2. The molecule has 104 valence electrons. The minimum Gasteiger partial charge on any atom is -0.335 e. The molecule has 0 saturated carbocycles. The van der Waals surface area contributed by atoms with Crippen LogP contribution in [0.1, 0.15) is 31.1 Å². The predicted octanol–water partition coefficient (Wildman–Crippen LogP) is 3.28. The van der Waals surface area contributed by atoms with E-state index in [2.05, 4.69) is 0 Å². The van der Waals surface area contributed by atoms with Crippen LogP contribution in [0.4, 0.5) is 8.78 Å². The number of halogens is 2. The highest BCUT2D eigenvalue weighted by Gasteiger charge is 2.41. The van der Waals surface area contributed by atoms with E-state index in [9.17, 15) is 13.6 Å². The van der Waals surface area contributed by atoms with Gasteiger partial charge < -0.3 is 4.90 Å². The third-order valence-corrected chi connectivity index (χ3v) is 3.74. The van der Waals surface area contributed by atoms with Crippen LogP contribution in [0.15, 0.2) is 24.3 Å². The van der Waals surface area contributed by atoms with Crippen LogP contribution < -0.4 is 0 Å². The zero-order valence-corrected chi connectivity index (χ0v) is 11.5. The average molecular weight is 267 g/mol. The number of hydrogen-bond donors (Lipinski definition) is 0. The summed E-state index contributed by atoms with van der Waals surface area (Å²) >= 11 is 0. The Morgan fingerprint density at radius 1 is 1.21 bits per heavy atom. The molecule has 1 saturated heterocycles. The Kier molecular flexibility index (Phi) is 3.61. The maximum Gasteiger partial charge on any atom is 0.253 e. The first kappa shape index (κ1) is 14.0. The van der Waals surface area contributed by atoms with E-state index in [4.69, 9.17) is 0 Å². The molecule has 2 nitrogen and oxygen atoms in total. The van der Waals surface area contributed by atoms with Crippen LogP contribution in [0.25, 0.3) is 0 Å². The van der Waals surface area contributed by atoms with E-state index in [1.807, 2.05) is 20.8 Å². The van der Waals surface area contributed by atoms with Crippen molar-refractivity contribution < 1.29 is 13.6 Å². The number of carbonyl (C=O) groups excluding carboxylic acids is 1. The van der Waals surface area contributed by atoms with Gasteiger partial charge in [-0.25, -0.2) is 8.78 Å².